The SMILES string of the molecule is CC/C=C\C/C=C\C/C=C\C/C=C\CCCCCCCCCCCCCCCCC(=O)OCC(COC(=O)CCCCCCCCCCC)OC(=O)CCCCCCCCCCCCC/C=C\CCCCCCCCCC. The average molecular weight is 1080 g/mol. The van der Waals surface area contributed by atoms with Gasteiger partial charge in [0.15, 0.2) is 6.10 Å². The van der Waals surface area contributed by atoms with E-state index in [9.17, 15) is 14.4 Å². The molecule has 0 amide bonds. The van der Waals surface area contributed by atoms with Crippen LogP contribution in [0.2, 0.25) is 0 Å². The maximum atomic E-state index is 12.9. The van der Waals surface area contributed by atoms with E-state index >= 15 is 0 Å². The molecule has 0 spiro atoms. The third kappa shape index (κ3) is 63.8. The summed E-state index contributed by atoms with van der Waals surface area (Å²) in [7, 11) is 0. The van der Waals surface area contributed by atoms with Crippen LogP contribution in [-0.4, -0.2) is 37.2 Å². The molecule has 0 aliphatic carbocycles. The van der Waals surface area contributed by atoms with Crippen molar-refractivity contribution < 1.29 is 28.6 Å². The van der Waals surface area contributed by atoms with E-state index in [0.29, 0.717) is 19.3 Å². The van der Waals surface area contributed by atoms with E-state index in [1.54, 1.807) is 0 Å². The van der Waals surface area contributed by atoms with Crippen molar-refractivity contribution in [1.82, 2.24) is 0 Å². The van der Waals surface area contributed by atoms with Gasteiger partial charge in [-0.2, -0.15) is 0 Å². The molecule has 6 heteroatoms. The molecule has 1 unspecified atom stereocenters. The lowest BCUT2D eigenvalue weighted by Crippen LogP contribution is -2.30. The van der Waals surface area contributed by atoms with E-state index in [4.69, 9.17) is 14.2 Å². The van der Waals surface area contributed by atoms with E-state index in [1.165, 1.54) is 231 Å². The predicted octanol–water partition coefficient (Wildman–Crippen LogP) is 23.1. The summed E-state index contributed by atoms with van der Waals surface area (Å²) in [6, 6.07) is 0. The topological polar surface area (TPSA) is 78.9 Å². The Morgan fingerprint density at radius 2 is 0.506 bits per heavy atom. The molecule has 6 nitrogen and oxygen atoms in total. The first-order valence-corrected chi connectivity index (χ1v) is 33.8. The molecular formula is C71H128O6. The van der Waals surface area contributed by atoms with Gasteiger partial charge in [0.05, 0.1) is 0 Å². The predicted molar refractivity (Wildman–Crippen MR) is 335 cm³/mol. The molecule has 0 aromatic carbocycles. The Labute approximate surface area is 479 Å². The van der Waals surface area contributed by atoms with Crippen LogP contribution in [0, 0.1) is 0 Å². The highest BCUT2D eigenvalue weighted by atomic mass is 16.6. The van der Waals surface area contributed by atoms with E-state index in [2.05, 4.69) is 81.5 Å². The van der Waals surface area contributed by atoms with Crippen LogP contribution >= 0.6 is 0 Å². The van der Waals surface area contributed by atoms with Crippen LogP contribution < -0.4 is 0 Å². The van der Waals surface area contributed by atoms with Gasteiger partial charge in [-0.05, 0) is 83.5 Å². The summed E-state index contributed by atoms with van der Waals surface area (Å²) < 4.78 is 16.9. The van der Waals surface area contributed by atoms with Crippen molar-refractivity contribution >= 4 is 17.9 Å². The third-order valence-corrected chi connectivity index (χ3v) is 15.0. The number of ether oxygens (including phenoxy) is 3. The first kappa shape index (κ1) is 74.1. The number of hydrogen-bond acceptors (Lipinski definition) is 6. The van der Waals surface area contributed by atoms with Crippen LogP contribution in [0.1, 0.15) is 355 Å². The molecular weight excluding hydrogens is 949 g/mol. The van der Waals surface area contributed by atoms with Crippen molar-refractivity contribution in [3.8, 4) is 0 Å². The fourth-order valence-corrected chi connectivity index (χ4v) is 9.96. The lowest BCUT2D eigenvalue weighted by molar-refractivity contribution is -0.167. The largest absolute Gasteiger partial charge is 0.462 e. The first-order valence-electron chi connectivity index (χ1n) is 33.8. The molecule has 0 heterocycles. The van der Waals surface area contributed by atoms with E-state index in [1.807, 2.05) is 0 Å². The zero-order valence-electron chi connectivity index (χ0n) is 51.5. The molecule has 0 aliphatic heterocycles. The molecule has 0 bridgehead atoms. The van der Waals surface area contributed by atoms with Crippen molar-refractivity contribution in [2.24, 2.45) is 0 Å². The Hall–Kier alpha value is -2.89. The van der Waals surface area contributed by atoms with Crippen LogP contribution in [0.15, 0.2) is 60.8 Å². The molecule has 0 saturated heterocycles. The number of unbranched alkanes of at least 4 members (excludes halogenated alkanes) is 41. The van der Waals surface area contributed by atoms with E-state index in [0.717, 1.165) is 83.5 Å². The number of carbonyl (C=O) groups is 3. The molecule has 1 atom stereocenters. The minimum Gasteiger partial charge on any atom is -0.462 e. The molecule has 0 N–H and O–H groups in total. The zero-order valence-corrected chi connectivity index (χ0v) is 51.5. The van der Waals surface area contributed by atoms with Crippen LogP contribution in [0.4, 0.5) is 0 Å². The van der Waals surface area contributed by atoms with Crippen molar-refractivity contribution in [1.29, 1.82) is 0 Å². The molecule has 448 valence electrons. The van der Waals surface area contributed by atoms with Crippen molar-refractivity contribution in [2.45, 2.75) is 361 Å². The first-order chi connectivity index (χ1) is 38.0. The summed E-state index contributed by atoms with van der Waals surface area (Å²) in [5, 5.41) is 0. The molecule has 0 rings (SSSR count). The van der Waals surface area contributed by atoms with Crippen LogP contribution in [-0.2, 0) is 28.6 Å². The Kier molecular flexibility index (Phi) is 63.2. The number of esters is 3. The summed E-state index contributed by atoms with van der Waals surface area (Å²) in [6.45, 7) is 6.56. The highest BCUT2D eigenvalue weighted by molar-refractivity contribution is 5.71. The lowest BCUT2D eigenvalue weighted by Gasteiger charge is -2.18. The highest BCUT2D eigenvalue weighted by Gasteiger charge is 2.19. The maximum absolute atomic E-state index is 12.9. The average Bonchev–Trinajstić information content (AvgIpc) is 3.43. The van der Waals surface area contributed by atoms with Crippen LogP contribution in [0.5, 0.6) is 0 Å². The number of allylic oxidation sites excluding steroid dienone is 10. The summed E-state index contributed by atoms with van der Waals surface area (Å²) in [6.07, 6.45) is 84.0. The molecule has 0 aromatic heterocycles. The smallest absolute Gasteiger partial charge is 0.306 e. The Morgan fingerprint density at radius 3 is 0.805 bits per heavy atom. The third-order valence-electron chi connectivity index (χ3n) is 15.0. The van der Waals surface area contributed by atoms with Crippen LogP contribution in [0.25, 0.3) is 0 Å². The van der Waals surface area contributed by atoms with Crippen molar-refractivity contribution in [3.63, 3.8) is 0 Å². The van der Waals surface area contributed by atoms with Crippen molar-refractivity contribution in [2.75, 3.05) is 13.2 Å². The van der Waals surface area contributed by atoms with Crippen LogP contribution in [0.3, 0.4) is 0 Å². The Morgan fingerprint density at radius 1 is 0.273 bits per heavy atom. The molecule has 77 heavy (non-hydrogen) atoms. The molecule has 0 radical (unpaired) electrons. The quantitative estimate of drug-likeness (QED) is 0.0261. The van der Waals surface area contributed by atoms with Gasteiger partial charge in [0.2, 0.25) is 0 Å². The van der Waals surface area contributed by atoms with Crippen molar-refractivity contribution in [3.05, 3.63) is 60.8 Å². The number of rotatable bonds is 62. The fourth-order valence-electron chi connectivity index (χ4n) is 9.96. The highest BCUT2D eigenvalue weighted by Crippen LogP contribution is 2.18. The van der Waals surface area contributed by atoms with E-state index in [-0.39, 0.29) is 31.1 Å². The van der Waals surface area contributed by atoms with Gasteiger partial charge in [0.1, 0.15) is 13.2 Å². The number of carbonyl (C=O) groups excluding carboxylic acids is 3. The molecule has 0 aromatic rings. The Bertz CT molecular complexity index is 1380. The summed E-state index contributed by atoms with van der Waals surface area (Å²) in [4.78, 5) is 38.2. The maximum Gasteiger partial charge on any atom is 0.306 e. The lowest BCUT2D eigenvalue weighted by atomic mass is 10.0. The minimum absolute atomic E-state index is 0.0700. The molecule has 0 aliphatic rings. The van der Waals surface area contributed by atoms with Gasteiger partial charge in [0.25, 0.3) is 0 Å². The van der Waals surface area contributed by atoms with Gasteiger partial charge in [-0.3, -0.25) is 14.4 Å². The summed E-state index contributed by atoms with van der Waals surface area (Å²) >= 11 is 0. The van der Waals surface area contributed by atoms with Gasteiger partial charge in [0, 0.05) is 19.3 Å². The normalized spacial score (nSPS) is 12.4. The second kappa shape index (κ2) is 65.6. The number of hydrogen-bond donors (Lipinski definition) is 0. The monoisotopic (exact) mass is 1080 g/mol. The molecule has 0 saturated carbocycles. The fraction of sp³-hybridized carbons (Fsp3) is 0.817. The second-order valence-corrected chi connectivity index (χ2v) is 22.7. The minimum atomic E-state index is -0.772. The Balaban J connectivity index is 4.15. The van der Waals surface area contributed by atoms with Gasteiger partial charge in [-0.1, -0.05) is 313 Å². The van der Waals surface area contributed by atoms with Gasteiger partial charge < -0.3 is 14.2 Å². The second-order valence-electron chi connectivity index (χ2n) is 22.7. The molecule has 0 fully saturated rings. The summed E-state index contributed by atoms with van der Waals surface area (Å²) in [5.41, 5.74) is 0. The van der Waals surface area contributed by atoms with Gasteiger partial charge in [-0.15, -0.1) is 0 Å². The van der Waals surface area contributed by atoms with Gasteiger partial charge >= 0.3 is 17.9 Å². The van der Waals surface area contributed by atoms with Gasteiger partial charge in [-0.25, -0.2) is 0 Å². The zero-order chi connectivity index (χ0) is 55.7. The van der Waals surface area contributed by atoms with E-state index < -0.39 is 6.10 Å². The standard InChI is InChI=1S/C71H128O6/c1-4-7-10-13-16-19-21-23-25-27-29-31-33-34-35-36-38-39-41-43-45-47-49-52-55-58-61-64-70(73)76-67-68(66-75-69(72)63-60-57-54-51-18-15-12-9-6-3)77-71(74)65-62-59-56-53-50-48-46-44-42-40-37-32-30-28-26-24-22-20-17-14-11-8-5-2/h7,10,16,19,23,25,28-31,68H,4-6,8-9,11-15,17-18,20-22,24,26-27,32-67H2,1-3H3/b10-7-,19-16-,25-23-,30-28-,31-29-. The summed E-state index contributed by atoms with van der Waals surface area (Å²) in [5.74, 6) is -0.854.